The van der Waals surface area contributed by atoms with Crippen LogP contribution >= 0.6 is 0 Å². The highest BCUT2D eigenvalue weighted by Gasteiger charge is 2.19. The van der Waals surface area contributed by atoms with Crippen LogP contribution in [0.3, 0.4) is 0 Å². The van der Waals surface area contributed by atoms with Gasteiger partial charge in [-0.3, -0.25) is 4.79 Å². The molecule has 21 heavy (non-hydrogen) atoms. The lowest BCUT2D eigenvalue weighted by atomic mass is 10.0. The second-order valence-electron chi connectivity index (χ2n) is 4.84. The van der Waals surface area contributed by atoms with Gasteiger partial charge in [-0.15, -0.1) is 0 Å². The summed E-state index contributed by atoms with van der Waals surface area (Å²) in [4.78, 5) is 28.6. The minimum absolute atomic E-state index is 0.177. The van der Waals surface area contributed by atoms with Gasteiger partial charge < -0.3 is 19.8 Å². The number of carbonyl (C=O) groups excluding carboxylic acids is 1. The number of methoxy groups -OCH3 is 1. The summed E-state index contributed by atoms with van der Waals surface area (Å²) in [7, 11) is 1.34. The van der Waals surface area contributed by atoms with E-state index in [1.54, 1.807) is 6.92 Å². The van der Waals surface area contributed by atoms with Gasteiger partial charge in [-0.05, 0) is 36.6 Å². The predicted molar refractivity (Wildman–Crippen MR) is 76.4 cm³/mol. The number of aromatic carboxylic acids is 1. The molecule has 2 aromatic rings. The van der Waals surface area contributed by atoms with Crippen LogP contribution in [0.15, 0.2) is 18.3 Å². The van der Waals surface area contributed by atoms with Crippen LogP contribution < -0.4 is 0 Å². The molecule has 0 spiro atoms. The summed E-state index contributed by atoms with van der Waals surface area (Å²) >= 11 is 0. The number of nitrogens with one attached hydrogen (secondary N) is 2. The number of esters is 1. The maximum atomic E-state index is 11.3. The molecule has 0 aliphatic heterocycles. The van der Waals surface area contributed by atoms with Crippen molar-refractivity contribution < 1.29 is 19.4 Å². The average Bonchev–Trinajstić information content (AvgIpc) is 3.05. The van der Waals surface area contributed by atoms with Gasteiger partial charge in [-0.2, -0.15) is 0 Å². The van der Waals surface area contributed by atoms with Crippen molar-refractivity contribution in [3.05, 3.63) is 46.5 Å². The van der Waals surface area contributed by atoms with E-state index >= 15 is 0 Å². The zero-order valence-corrected chi connectivity index (χ0v) is 12.0. The van der Waals surface area contributed by atoms with Crippen molar-refractivity contribution in [2.24, 2.45) is 0 Å². The molecule has 0 fully saturated rings. The molecule has 0 bridgehead atoms. The Balaban J connectivity index is 2.30. The number of carbonyl (C=O) groups is 2. The third-order valence-electron chi connectivity index (χ3n) is 3.52. The summed E-state index contributed by atoms with van der Waals surface area (Å²) in [6.45, 7) is 1.75. The summed E-state index contributed by atoms with van der Waals surface area (Å²) in [6, 6.07) is 3.82. The molecule has 0 saturated heterocycles. The molecule has 6 nitrogen and oxygen atoms in total. The zero-order chi connectivity index (χ0) is 15.4. The van der Waals surface area contributed by atoms with Gasteiger partial charge in [-0.1, -0.05) is 0 Å². The number of hydrogen-bond donors (Lipinski definition) is 3. The number of hydrogen-bond acceptors (Lipinski definition) is 3. The molecule has 3 N–H and O–H groups in total. The minimum Gasteiger partial charge on any atom is -0.477 e. The fourth-order valence-electron chi connectivity index (χ4n) is 2.40. The number of ether oxygens (including phenoxy) is 1. The molecular weight excluding hydrogens is 272 g/mol. The summed E-state index contributed by atoms with van der Waals surface area (Å²) in [5.74, 6) is -1.30. The van der Waals surface area contributed by atoms with Crippen molar-refractivity contribution in [1.82, 2.24) is 9.97 Å². The van der Waals surface area contributed by atoms with Crippen LogP contribution in [0.1, 0.15) is 39.4 Å². The number of rotatable bonds is 6. The molecule has 0 aliphatic carbocycles. The van der Waals surface area contributed by atoms with Crippen LogP contribution in [-0.4, -0.2) is 34.1 Å². The lowest BCUT2D eigenvalue weighted by molar-refractivity contribution is -0.140. The molecular formula is C15H18N2O4. The molecule has 0 atom stereocenters. The predicted octanol–water partition coefficient (Wildman–Crippen LogP) is 2.05. The fraction of sp³-hybridized carbons (Fsp3) is 0.333. The van der Waals surface area contributed by atoms with Gasteiger partial charge in [0.15, 0.2) is 0 Å². The van der Waals surface area contributed by atoms with Crippen LogP contribution in [0, 0.1) is 6.92 Å². The molecule has 0 amide bonds. The van der Waals surface area contributed by atoms with Crippen LogP contribution in [0.4, 0.5) is 0 Å². The van der Waals surface area contributed by atoms with Crippen LogP contribution in [0.5, 0.6) is 0 Å². The fourth-order valence-corrected chi connectivity index (χ4v) is 2.40. The van der Waals surface area contributed by atoms with E-state index in [9.17, 15) is 14.7 Å². The molecule has 0 saturated carbocycles. The van der Waals surface area contributed by atoms with Crippen LogP contribution in [0.2, 0.25) is 0 Å². The first-order valence-corrected chi connectivity index (χ1v) is 6.65. The van der Waals surface area contributed by atoms with E-state index in [4.69, 9.17) is 0 Å². The van der Waals surface area contributed by atoms with Gasteiger partial charge in [-0.25, -0.2) is 4.79 Å². The lowest BCUT2D eigenvalue weighted by Gasteiger charge is -2.04. The summed E-state index contributed by atoms with van der Waals surface area (Å²) in [6.07, 6.45) is 3.07. The summed E-state index contributed by atoms with van der Waals surface area (Å²) < 4.78 is 4.64. The van der Waals surface area contributed by atoms with E-state index in [1.165, 1.54) is 7.11 Å². The second-order valence-corrected chi connectivity index (χ2v) is 4.84. The number of carboxylic acids is 1. The first kappa shape index (κ1) is 14.9. The van der Waals surface area contributed by atoms with E-state index in [1.807, 2.05) is 18.3 Å². The van der Waals surface area contributed by atoms with Crippen LogP contribution in [-0.2, 0) is 22.4 Å². The van der Waals surface area contributed by atoms with E-state index < -0.39 is 5.97 Å². The highest BCUT2D eigenvalue weighted by Crippen LogP contribution is 2.22. The molecule has 2 aromatic heterocycles. The topological polar surface area (TPSA) is 95.2 Å². The Morgan fingerprint density at radius 2 is 2.14 bits per heavy atom. The molecule has 0 aliphatic rings. The third-order valence-corrected chi connectivity index (χ3v) is 3.52. The van der Waals surface area contributed by atoms with E-state index in [0.717, 1.165) is 17.0 Å². The molecule has 2 heterocycles. The largest absolute Gasteiger partial charge is 0.477 e. The number of H-pyrrole nitrogens is 2. The Bertz CT molecular complexity index is 641. The number of aromatic nitrogens is 2. The second kappa shape index (κ2) is 6.30. The van der Waals surface area contributed by atoms with Crippen molar-refractivity contribution in [3.63, 3.8) is 0 Å². The highest BCUT2D eigenvalue weighted by atomic mass is 16.5. The standard InChI is InChI=1S/C15H18N2O4/c1-9-11(5-6-13(18)21-2)12(17-14(9)15(19)20)8-10-4-3-7-16-10/h3-4,7,16-17H,5-6,8H2,1-2H3,(H,19,20). The van der Waals surface area contributed by atoms with E-state index in [2.05, 4.69) is 14.7 Å². The summed E-state index contributed by atoms with van der Waals surface area (Å²) in [5.41, 5.74) is 3.51. The molecule has 0 radical (unpaired) electrons. The van der Waals surface area contributed by atoms with Crippen molar-refractivity contribution in [2.45, 2.75) is 26.2 Å². The SMILES string of the molecule is COC(=O)CCc1c(Cc2ccc[nH]2)[nH]c(C(=O)O)c1C. The van der Waals surface area contributed by atoms with Gasteiger partial charge in [0.25, 0.3) is 0 Å². The maximum Gasteiger partial charge on any atom is 0.352 e. The molecule has 112 valence electrons. The van der Waals surface area contributed by atoms with Gasteiger partial charge in [0.05, 0.1) is 7.11 Å². The monoisotopic (exact) mass is 290 g/mol. The first-order chi connectivity index (χ1) is 10.0. The lowest BCUT2D eigenvalue weighted by Crippen LogP contribution is -2.04. The Morgan fingerprint density at radius 3 is 2.71 bits per heavy atom. The Kier molecular flexibility index (Phi) is 4.47. The third kappa shape index (κ3) is 3.34. The Morgan fingerprint density at radius 1 is 1.38 bits per heavy atom. The van der Waals surface area contributed by atoms with Gasteiger partial charge in [0.2, 0.25) is 0 Å². The zero-order valence-electron chi connectivity index (χ0n) is 12.0. The van der Waals surface area contributed by atoms with Crippen molar-refractivity contribution in [3.8, 4) is 0 Å². The normalized spacial score (nSPS) is 10.6. The molecule has 6 heteroatoms. The van der Waals surface area contributed by atoms with Crippen LogP contribution in [0.25, 0.3) is 0 Å². The number of carboxylic acid groups (broad SMARTS) is 1. The van der Waals surface area contributed by atoms with Gasteiger partial charge in [0, 0.05) is 30.4 Å². The Hall–Kier alpha value is -2.50. The molecule has 0 aromatic carbocycles. The van der Waals surface area contributed by atoms with Gasteiger partial charge >= 0.3 is 11.9 Å². The van der Waals surface area contributed by atoms with Crippen molar-refractivity contribution >= 4 is 11.9 Å². The summed E-state index contributed by atoms with van der Waals surface area (Å²) in [5, 5.41) is 9.22. The highest BCUT2D eigenvalue weighted by molar-refractivity contribution is 5.88. The minimum atomic E-state index is -0.996. The first-order valence-electron chi connectivity index (χ1n) is 6.65. The molecule has 0 unspecified atom stereocenters. The maximum absolute atomic E-state index is 11.3. The van der Waals surface area contributed by atoms with Gasteiger partial charge in [0.1, 0.15) is 5.69 Å². The molecule has 2 rings (SSSR count). The van der Waals surface area contributed by atoms with E-state index in [-0.39, 0.29) is 18.1 Å². The number of aromatic amines is 2. The quantitative estimate of drug-likeness (QED) is 0.709. The van der Waals surface area contributed by atoms with Crippen molar-refractivity contribution in [1.29, 1.82) is 0 Å². The smallest absolute Gasteiger partial charge is 0.352 e. The average molecular weight is 290 g/mol. The van der Waals surface area contributed by atoms with Crippen molar-refractivity contribution in [2.75, 3.05) is 7.11 Å². The Labute approximate surface area is 122 Å². The van der Waals surface area contributed by atoms with E-state index in [0.29, 0.717) is 18.4 Å².